The van der Waals surface area contributed by atoms with Crippen LogP contribution in [0.3, 0.4) is 0 Å². The summed E-state index contributed by atoms with van der Waals surface area (Å²) in [6, 6.07) is 13.4. The second-order valence-electron chi connectivity index (χ2n) is 5.42. The summed E-state index contributed by atoms with van der Waals surface area (Å²) in [7, 11) is 0. The molecule has 3 aromatic rings. The molecule has 5 nitrogen and oxygen atoms in total. The van der Waals surface area contributed by atoms with Crippen LogP contribution in [0, 0.1) is 0 Å². The minimum Gasteiger partial charge on any atom is -0.463 e. The van der Waals surface area contributed by atoms with E-state index in [9.17, 15) is 4.79 Å². The monoisotopic (exact) mass is 321 g/mol. The van der Waals surface area contributed by atoms with Crippen molar-refractivity contribution >= 4 is 5.91 Å². The third kappa shape index (κ3) is 3.51. The molecule has 0 saturated carbocycles. The predicted molar refractivity (Wildman–Crippen MR) is 91.1 cm³/mol. The molecule has 0 aliphatic heterocycles. The van der Waals surface area contributed by atoms with Crippen molar-refractivity contribution in [3.63, 3.8) is 0 Å². The number of rotatable bonds is 6. The third-order valence-electron chi connectivity index (χ3n) is 3.89. The van der Waals surface area contributed by atoms with Crippen molar-refractivity contribution in [2.75, 3.05) is 0 Å². The van der Waals surface area contributed by atoms with E-state index < -0.39 is 0 Å². The fraction of sp³-hybridized carbons (Fsp3) is 0.211. The summed E-state index contributed by atoms with van der Waals surface area (Å²) in [5, 5.41) is 2.97. The molecule has 1 amide bonds. The number of nitrogens with zero attached hydrogens (tertiary/aromatic N) is 2. The highest BCUT2D eigenvalue weighted by molar-refractivity contribution is 5.83. The van der Waals surface area contributed by atoms with Crippen LogP contribution in [0.5, 0.6) is 0 Å². The minimum atomic E-state index is -0.171. The summed E-state index contributed by atoms with van der Waals surface area (Å²) in [4.78, 5) is 21.2. The molecule has 0 fully saturated rings. The molecule has 122 valence electrons. The molecule has 0 radical (unpaired) electrons. The van der Waals surface area contributed by atoms with Crippen molar-refractivity contribution < 1.29 is 9.21 Å². The van der Waals surface area contributed by atoms with Gasteiger partial charge in [0.1, 0.15) is 5.69 Å². The molecule has 2 aromatic heterocycles. The lowest BCUT2D eigenvalue weighted by Crippen LogP contribution is -2.29. The van der Waals surface area contributed by atoms with Crippen LogP contribution in [0.25, 0.3) is 11.5 Å². The summed E-state index contributed by atoms with van der Waals surface area (Å²) >= 11 is 0. The molecule has 1 N–H and O–H groups in total. The highest BCUT2D eigenvalue weighted by Crippen LogP contribution is 2.21. The number of hydrogen-bond acceptors (Lipinski definition) is 4. The van der Waals surface area contributed by atoms with Crippen molar-refractivity contribution in [2.24, 2.45) is 0 Å². The lowest BCUT2D eigenvalue weighted by atomic mass is 9.95. The Kier molecular flexibility index (Phi) is 5.01. The van der Waals surface area contributed by atoms with Crippen molar-refractivity contribution in [3.05, 3.63) is 72.4 Å². The smallest absolute Gasteiger partial charge is 0.227 e. The Morgan fingerprint density at radius 1 is 1.12 bits per heavy atom. The lowest BCUT2D eigenvalue weighted by Gasteiger charge is -2.15. The summed E-state index contributed by atoms with van der Waals surface area (Å²) in [6.45, 7) is 2.32. The highest BCUT2D eigenvalue weighted by Gasteiger charge is 2.19. The second kappa shape index (κ2) is 7.55. The van der Waals surface area contributed by atoms with E-state index in [4.69, 9.17) is 4.42 Å². The summed E-state index contributed by atoms with van der Waals surface area (Å²) in [6.07, 6.45) is 5.56. The number of carbonyl (C=O) groups excluding carboxylic acids is 1. The van der Waals surface area contributed by atoms with Crippen molar-refractivity contribution in [1.82, 2.24) is 15.3 Å². The van der Waals surface area contributed by atoms with Gasteiger partial charge in [-0.3, -0.25) is 9.78 Å². The molecule has 1 aromatic carbocycles. The molecule has 1 atom stereocenters. The van der Waals surface area contributed by atoms with E-state index >= 15 is 0 Å². The van der Waals surface area contributed by atoms with Crippen LogP contribution in [0.2, 0.25) is 0 Å². The van der Waals surface area contributed by atoms with E-state index in [-0.39, 0.29) is 11.8 Å². The van der Waals surface area contributed by atoms with Gasteiger partial charge in [0, 0.05) is 12.4 Å². The van der Waals surface area contributed by atoms with Crippen LogP contribution in [0.1, 0.15) is 30.5 Å². The number of benzene rings is 1. The molecule has 24 heavy (non-hydrogen) atoms. The van der Waals surface area contributed by atoms with Crippen molar-refractivity contribution in [2.45, 2.75) is 25.8 Å². The SMILES string of the molecule is CCC(C(=O)NCc1nccnc1-c1ccco1)c1ccccc1. The van der Waals surface area contributed by atoms with E-state index in [0.717, 1.165) is 12.0 Å². The van der Waals surface area contributed by atoms with Gasteiger partial charge in [0.15, 0.2) is 5.76 Å². The number of carbonyl (C=O) groups is 1. The predicted octanol–water partition coefficient (Wildman–Crippen LogP) is 3.55. The van der Waals surface area contributed by atoms with Gasteiger partial charge < -0.3 is 9.73 Å². The number of hydrogen-bond donors (Lipinski definition) is 1. The van der Waals surface area contributed by atoms with E-state index in [1.807, 2.05) is 43.3 Å². The quantitative estimate of drug-likeness (QED) is 0.754. The fourth-order valence-electron chi connectivity index (χ4n) is 2.67. The van der Waals surface area contributed by atoms with Gasteiger partial charge in [-0.15, -0.1) is 0 Å². The maximum Gasteiger partial charge on any atom is 0.227 e. The summed E-state index contributed by atoms with van der Waals surface area (Å²) in [5.74, 6) is 0.456. The van der Waals surface area contributed by atoms with Crippen LogP contribution in [0.15, 0.2) is 65.5 Å². The van der Waals surface area contributed by atoms with E-state index in [2.05, 4.69) is 15.3 Å². The Morgan fingerprint density at radius 3 is 2.62 bits per heavy atom. The summed E-state index contributed by atoms with van der Waals surface area (Å²) in [5.41, 5.74) is 2.35. The van der Waals surface area contributed by atoms with Gasteiger partial charge in [-0.1, -0.05) is 37.3 Å². The number of amides is 1. The Hall–Kier alpha value is -2.95. The van der Waals surface area contributed by atoms with Crippen LogP contribution in [0.4, 0.5) is 0 Å². The normalized spacial score (nSPS) is 11.9. The Bertz CT molecular complexity index is 785. The molecule has 2 heterocycles. The van der Waals surface area contributed by atoms with E-state index in [0.29, 0.717) is 23.7 Å². The van der Waals surface area contributed by atoms with Crippen LogP contribution in [-0.2, 0) is 11.3 Å². The van der Waals surface area contributed by atoms with E-state index in [1.165, 1.54) is 0 Å². The first-order valence-electron chi connectivity index (χ1n) is 7.96. The second-order valence-corrected chi connectivity index (χ2v) is 5.42. The van der Waals surface area contributed by atoms with Crippen molar-refractivity contribution in [3.8, 4) is 11.5 Å². The number of furan rings is 1. The topological polar surface area (TPSA) is 68.0 Å². The maximum atomic E-state index is 12.6. The van der Waals surface area contributed by atoms with Crippen LogP contribution in [-0.4, -0.2) is 15.9 Å². The first kappa shape index (κ1) is 15.9. The third-order valence-corrected chi connectivity index (χ3v) is 3.89. The van der Waals surface area contributed by atoms with Gasteiger partial charge >= 0.3 is 0 Å². The van der Waals surface area contributed by atoms with E-state index in [1.54, 1.807) is 24.7 Å². The molecule has 1 unspecified atom stereocenters. The largest absolute Gasteiger partial charge is 0.463 e. The molecule has 0 saturated heterocycles. The molecule has 0 spiro atoms. The maximum absolute atomic E-state index is 12.6. The first-order chi connectivity index (χ1) is 11.8. The average Bonchev–Trinajstić information content (AvgIpc) is 3.16. The molecule has 0 aliphatic rings. The fourth-order valence-corrected chi connectivity index (χ4v) is 2.67. The minimum absolute atomic E-state index is 0.0141. The molecular weight excluding hydrogens is 302 g/mol. The van der Waals surface area contributed by atoms with Gasteiger partial charge in [-0.25, -0.2) is 4.98 Å². The Labute approximate surface area is 140 Å². The van der Waals surface area contributed by atoms with Gasteiger partial charge in [0.25, 0.3) is 0 Å². The average molecular weight is 321 g/mol. The van der Waals surface area contributed by atoms with Crippen LogP contribution >= 0.6 is 0 Å². The molecular formula is C19H19N3O2. The summed E-state index contributed by atoms with van der Waals surface area (Å²) < 4.78 is 5.39. The van der Waals surface area contributed by atoms with Crippen molar-refractivity contribution in [1.29, 1.82) is 0 Å². The molecule has 3 rings (SSSR count). The number of aromatic nitrogens is 2. The van der Waals surface area contributed by atoms with Gasteiger partial charge in [0.05, 0.1) is 24.4 Å². The Balaban J connectivity index is 1.73. The lowest BCUT2D eigenvalue weighted by molar-refractivity contribution is -0.122. The molecule has 0 aliphatic carbocycles. The highest BCUT2D eigenvalue weighted by atomic mass is 16.3. The first-order valence-corrected chi connectivity index (χ1v) is 7.96. The zero-order chi connectivity index (χ0) is 16.8. The van der Waals surface area contributed by atoms with Gasteiger partial charge in [-0.05, 0) is 24.1 Å². The Morgan fingerprint density at radius 2 is 1.92 bits per heavy atom. The zero-order valence-electron chi connectivity index (χ0n) is 13.5. The standard InChI is InChI=1S/C19H19N3O2/c1-2-15(14-7-4-3-5-8-14)19(23)22-13-16-18(21-11-10-20-16)17-9-6-12-24-17/h3-12,15H,2,13H2,1H3,(H,22,23). The molecule has 5 heteroatoms. The number of nitrogens with one attached hydrogen (secondary N) is 1. The van der Waals surface area contributed by atoms with Crippen LogP contribution < -0.4 is 5.32 Å². The molecule has 0 bridgehead atoms. The zero-order valence-corrected chi connectivity index (χ0v) is 13.5. The van der Waals surface area contributed by atoms with Gasteiger partial charge in [-0.2, -0.15) is 0 Å². The van der Waals surface area contributed by atoms with Gasteiger partial charge in [0.2, 0.25) is 5.91 Å².